The SMILES string of the molecule is Cc1nc(Sc2nc(CC(=O)O)cs2)n[nH]1. The first kappa shape index (κ1) is 11.1. The first-order valence-corrected chi connectivity index (χ1v) is 6.06. The van der Waals surface area contributed by atoms with E-state index in [1.54, 1.807) is 5.38 Å². The molecule has 2 heterocycles. The van der Waals surface area contributed by atoms with Crippen molar-refractivity contribution in [3.63, 3.8) is 0 Å². The van der Waals surface area contributed by atoms with Crippen LogP contribution in [0.5, 0.6) is 0 Å². The van der Waals surface area contributed by atoms with Crippen LogP contribution in [0.4, 0.5) is 0 Å². The van der Waals surface area contributed by atoms with Crippen molar-refractivity contribution in [3.05, 3.63) is 16.9 Å². The molecule has 2 rings (SSSR count). The van der Waals surface area contributed by atoms with Crippen molar-refractivity contribution in [1.82, 2.24) is 20.2 Å². The second-order valence-corrected chi connectivity index (χ2v) is 5.05. The first-order chi connectivity index (χ1) is 7.63. The lowest BCUT2D eigenvalue weighted by Gasteiger charge is -1.89. The molecule has 2 aromatic heterocycles. The fraction of sp³-hybridized carbons (Fsp3) is 0.250. The van der Waals surface area contributed by atoms with E-state index in [4.69, 9.17) is 5.11 Å². The lowest BCUT2D eigenvalue weighted by Crippen LogP contribution is -1.99. The minimum atomic E-state index is -0.879. The van der Waals surface area contributed by atoms with Gasteiger partial charge in [0.1, 0.15) is 5.82 Å². The Bertz CT molecular complexity index is 508. The molecule has 0 aromatic carbocycles. The van der Waals surface area contributed by atoms with E-state index in [-0.39, 0.29) is 6.42 Å². The first-order valence-electron chi connectivity index (χ1n) is 4.36. The summed E-state index contributed by atoms with van der Waals surface area (Å²) in [5.41, 5.74) is 0.562. The van der Waals surface area contributed by atoms with E-state index in [1.165, 1.54) is 23.1 Å². The van der Waals surface area contributed by atoms with Crippen molar-refractivity contribution in [1.29, 1.82) is 0 Å². The van der Waals surface area contributed by atoms with Crippen molar-refractivity contribution < 1.29 is 9.90 Å². The van der Waals surface area contributed by atoms with Gasteiger partial charge in [-0.25, -0.2) is 9.97 Å². The molecule has 0 aliphatic heterocycles. The largest absolute Gasteiger partial charge is 0.481 e. The Morgan fingerprint density at radius 3 is 3.06 bits per heavy atom. The molecule has 16 heavy (non-hydrogen) atoms. The Morgan fingerprint density at radius 1 is 1.62 bits per heavy atom. The zero-order valence-electron chi connectivity index (χ0n) is 8.30. The normalized spacial score (nSPS) is 10.6. The number of aromatic nitrogens is 4. The quantitative estimate of drug-likeness (QED) is 0.857. The summed E-state index contributed by atoms with van der Waals surface area (Å²) in [7, 11) is 0. The van der Waals surface area contributed by atoms with Gasteiger partial charge in [0.2, 0.25) is 5.16 Å². The summed E-state index contributed by atoms with van der Waals surface area (Å²) in [6.45, 7) is 1.81. The van der Waals surface area contributed by atoms with Crippen LogP contribution in [0.3, 0.4) is 0 Å². The van der Waals surface area contributed by atoms with Gasteiger partial charge in [-0.05, 0) is 18.7 Å². The van der Waals surface area contributed by atoms with Gasteiger partial charge in [-0.1, -0.05) is 0 Å². The molecule has 0 atom stereocenters. The molecule has 0 amide bonds. The highest BCUT2D eigenvalue weighted by Gasteiger charge is 2.09. The van der Waals surface area contributed by atoms with Crippen LogP contribution in [0.15, 0.2) is 14.9 Å². The van der Waals surface area contributed by atoms with Crippen molar-refractivity contribution >= 4 is 29.1 Å². The number of aryl methyl sites for hydroxylation is 1. The van der Waals surface area contributed by atoms with Crippen LogP contribution in [0.25, 0.3) is 0 Å². The molecule has 0 aliphatic carbocycles. The van der Waals surface area contributed by atoms with Gasteiger partial charge in [0.15, 0.2) is 4.34 Å². The Labute approximate surface area is 99.1 Å². The lowest BCUT2D eigenvalue weighted by molar-refractivity contribution is -0.136. The minimum Gasteiger partial charge on any atom is -0.481 e. The summed E-state index contributed by atoms with van der Waals surface area (Å²) in [6.07, 6.45) is -0.0515. The number of aliphatic carboxylic acids is 1. The van der Waals surface area contributed by atoms with E-state index < -0.39 is 5.97 Å². The molecular weight excluding hydrogens is 248 g/mol. The van der Waals surface area contributed by atoms with Gasteiger partial charge in [-0.2, -0.15) is 0 Å². The molecule has 0 saturated heterocycles. The van der Waals surface area contributed by atoms with Crippen molar-refractivity contribution in [2.75, 3.05) is 0 Å². The van der Waals surface area contributed by atoms with E-state index in [0.29, 0.717) is 10.9 Å². The van der Waals surface area contributed by atoms with Gasteiger partial charge in [-0.15, -0.1) is 16.4 Å². The molecule has 2 aromatic rings. The maximum Gasteiger partial charge on any atom is 0.309 e. The number of H-pyrrole nitrogens is 1. The number of aromatic amines is 1. The van der Waals surface area contributed by atoms with Gasteiger partial charge < -0.3 is 5.11 Å². The predicted molar refractivity (Wildman–Crippen MR) is 58.7 cm³/mol. The number of thiazole rings is 1. The van der Waals surface area contributed by atoms with Crippen LogP contribution in [0, 0.1) is 6.92 Å². The van der Waals surface area contributed by atoms with Gasteiger partial charge in [0.05, 0.1) is 12.1 Å². The van der Waals surface area contributed by atoms with Gasteiger partial charge >= 0.3 is 5.97 Å². The Balaban J connectivity index is 2.05. The van der Waals surface area contributed by atoms with Gasteiger partial charge in [0.25, 0.3) is 0 Å². The number of carboxylic acids is 1. The molecule has 0 bridgehead atoms. The molecule has 0 unspecified atom stereocenters. The predicted octanol–water partition coefficient (Wildman–Crippen LogP) is 1.35. The van der Waals surface area contributed by atoms with Crippen molar-refractivity contribution in [2.24, 2.45) is 0 Å². The molecule has 84 valence electrons. The highest BCUT2D eigenvalue weighted by Crippen LogP contribution is 2.27. The molecule has 6 nitrogen and oxygen atoms in total. The van der Waals surface area contributed by atoms with E-state index in [2.05, 4.69) is 20.2 Å². The molecule has 2 N–H and O–H groups in total. The molecule has 0 spiro atoms. The minimum absolute atomic E-state index is 0.0515. The van der Waals surface area contributed by atoms with Crippen LogP contribution in [0.2, 0.25) is 0 Å². The maximum atomic E-state index is 10.5. The van der Waals surface area contributed by atoms with Crippen LogP contribution in [0.1, 0.15) is 11.5 Å². The Kier molecular flexibility index (Phi) is 3.20. The average molecular weight is 256 g/mol. The molecule has 0 aliphatic rings. The van der Waals surface area contributed by atoms with Gasteiger partial charge in [0, 0.05) is 5.38 Å². The number of hydrogen-bond acceptors (Lipinski definition) is 6. The van der Waals surface area contributed by atoms with E-state index in [1.807, 2.05) is 6.92 Å². The van der Waals surface area contributed by atoms with Crippen molar-refractivity contribution in [2.45, 2.75) is 22.8 Å². The number of carboxylic acid groups (broad SMARTS) is 1. The molecular formula is C8H8N4O2S2. The second kappa shape index (κ2) is 4.62. The number of rotatable bonds is 4. The summed E-state index contributed by atoms with van der Waals surface area (Å²) in [4.78, 5) is 18.8. The molecule has 0 radical (unpaired) electrons. The third-order valence-electron chi connectivity index (χ3n) is 1.62. The number of nitrogens with one attached hydrogen (secondary N) is 1. The summed E-state index contributed by atoms with van der Waals surface area (Å²) >= 11 is 2.71. The van der Waals surface area contributed by atoms with E-state index >= 15 is 0 Å². The molecule has 0 fully saturated rings. The molecule has 8 heteroatoms. The second-order valence-electron chi connectivity index (χ2n) is 2.98. The average Bonchev–Trinajstić information content (AvgIpc) is 2.76. The molecule has 0 saturated carbocycles. The standard InChI is InChI=1S/C8H8N4O2S2/c1-4-9-7(12-11-4)16-8-10-5(3-15-8)2-6(13)14/h3H,2H2,1H3,(H,13,14)(H,9,11,12). The number of carbonyl (C=O) groups is 1. The third kappa shape index (κ3) is 2.80. The Morgan fingerprint density at radius 2 is 2.44 bits per heavy atom. The third-order valence-corrected chi connectivity index (χ3v) is 3.47. The van der Waals surface area contributed by atoms with Crippen LogP contribution in [-0.4, -0.2) is 31.2 Å². The number of nitrogens with zero attached hydrogens (tertiary/aromatic N) is 3. The fourth-order valence-electron chi connectivity index (χ4n) is 1.02. The Hall–Kier alpha value is -1.41. The smallest absolute Gasteiger partial charge is 0.309 e. The highest BCUT2D eigenvalue weighted by molar-refractivity contribution is 8.00. The fourth-order valence-corrected chi connectivity index (χ4v) is 2.71. The summed E-state index contributed by atoms with van der Waals surface area (Å²) in [6, 6.07) is 0. The van der Waals surface area contributed by atoms with Crippen molar-refractivity contribution in [3.8, 4) is 0 Å². The monoisotopic (exact) mass is 256 g/mol. The van der Waals surface area contributed by atoms with Gasteiger partial charge in [-0.3, -0.25) is 9.89 Å². The maximum absolute atomic E-state index is 10.5. The summed E-state index contributed by atoms with van der Waals surface area (Å²) in [5, 5.41) is 17.6. The lowest BCUT2D eigenvalue weighted by atomic mass is 10.3. The van der Waals surface area contributed by atoms with Crippen LogP contribution < -0.4 is 0 Å². The number of hydrogen-bond donors (Lipinski definition) is 2. The van der Waals surface area contributed by atoms with E-state index in [9.17, 15) is 4.79 Å². The topological polar surface area (TPSA) is 91.8 Å². The van der Waals surface area contributed by atoms with Crippen LogP contribution in [-0.2, 0) is 11.2 Å². The zero-order chi connectivity index (χ0) is 11.5. The van der Waals surface area contributed by atoms with Crippen LogP contribution >= 0.6 is 23.1 Å². The zero-order valence-corrected chi connectivity index (χ0v) is 9.93. The van der Waals surface area contributed by atoms with E-state index in [0.717, 1.165) is 10.2 Å². The summed E-state index contributed by atoms with van der Waals surface area (Å²) in [5.74, 6) is -0.139. The highest BCUT2D eigenvalue weighted by atomic mass is 32.2. The summed E-state index contributed by atoms with van der Waals surface area (Å²) < 4.78 is 0.746.